The highest BCUT2D eigenvalue weighted by molar-refractivity contribution is 5.37. The Bertz CT molecular complexity index is 468. The quantitative estimate of drug-likeness (QED) is 0.747. The summed E-state index contributed by atoms with van der Waals surface area (Å²) in [4.78, 5) is 0. The van der Waals surface area contributed by atoms with E-state index in [0.717, 1.165) is 5.92 Å². The van der Waals surface area contributed by atoms with Crippen LogP contribution in [0.3, 0.4) is 0 Å². The van der Waals surface area contributed by atoms with E-state index in [-0.39, 0.29) is 0 Å². The standard InChI is InChI=1S/C20H31N/c1-15(16-10-6-4-5-7-11-16)21-19-18-13-9-8-12-17(18)14-20(19,2)3/h8-9,12-13,15-16,19,21H,4-7,10-11,14H2,1-3H3/t15-,19?/m1/s1. The highest BCUT2D eigenvalue weighted by Crippen LogP contribution is 2.45. The molecule has 0 aromatic heterocycles. The number of hydrogen-bond acceptors (Lipinski definition) is 1. The van der Waals surface area contributed by atoms with Gasteiger partial charge in [-0.15, -0.1) is 0 Å². The van der Waals surface area contributed by atoms with Gasteiger partial charge in [0.15, 0.2) is 0 Å². The van der Waals surface area contributed by atoms with Gasteiger partial charge in [-0.2, -0.15) is 0 Å². The SMILES string of the molecule is C[C@@H](NC1c2ccccc2CC1(C)C)C1CCCCCC1. The summed E-state index contributed by atoms with van der Waals surface area (Å²) in [7, 11) is 0. The largest absolute Gasteiger partial charge is 0.307 e. The lowest BCUT2D eigenvalue weighted by Gasteiger charge is -2.34. The summed E-state index contributed by atoms with van der Waals surface area (Å²) in [6.07, 6.45) is 9.80. The summed E-state index contributed by atoms with van der Waals surface area (Å²) >= 11 is 0. The first kappa shape index (κ1) is 15.1. The minimum atomic E-state index is 0.336. The Morgan fingerprint density at radius 2 is 1.71 bits per heavy atom. The van der Waals surface area contributed by atoms with Crippen LogP contribution in [0.15, 0.2) is 24.3 Å². The monoisotopic (exact) mass is 285 g/mol. The van der Waals surface area contributed by atoms with E-state index >= 15 is 0 Å². The van der Waals surface area contributed by atoms with E-state index < -0.39 is 0 Å². The third-order valence-electron chi connectivity index (χ3n) is 5.83. The maximum absolute atomic E-state index is 4.02. The van der Waals surface area contributed by atoms with Crippen LogP contribution < -0.4 is 5.32 Å². The Balaban J connectivity index is 1.73. The van der Waals surface area contributed by atoms with Crippen LogP contribution in [0.5, 0.6) is 0 Å². The third-order valence-corrected chi connectivity index (χ3v) is 5.83. The first-order valence-electron chi connectivity index (χ1n) is 8.92. The lowest BCUT2D eigenvalue weighted by Crippen LogP contribution is -2.40. The van der Waals surface area contributed by atoms with Crippen molar-refractivity contribution in [2.75, 3.05) is 0 Å². The molecule has 1 heteroatoms. The molecule has 0 aliphatic heterocycles. The molecule has 0 heterocycles. The molecule has 2 atom stereocenters. The van der Waals surface area contributed by atoms with Crippen LogP contribution in [0.1, 0.15) is 76.5 Å². The highest BCUT2D eigenvalue weighted by atomic mass is 15.0. The number of benzene rings is 1. The Labute approximate surface area is 130 Å². The summed E-state index contributed by atoms with van der Waals surface area (Å²) < 4.78 is 0. The van der Waals surface area contributed by atoms with Gasteiger partial charge in [0, 0.05) is 12.1 Å². The lowest BCUT2D eigenvalue weighted by atomic mass is 9.83. The summed E-state index contributed by atoms with van der Waals surface area (Å²) in [6, 6.07) is 10.2. The molecule has 0 amide bonds. The van der Waals surface area contributed by atoms with Crippen molar-refractivity contribution in [2.45, 2.75) is 77.8 Å². The van der Waals surface area contributed by atoms with Crippen molar-refractivity contribution in [1.82, 2.24) is 5.32 Å². The van der Waals surface area contributed by atoms with Gasteiger partial charge in [0.25, 0.3) is 0 Å². The van der Waals surface area contributed by atoms with Crippen LogP contribution in [0.4, 0.5) is 0 Å². The maximum Gasteiger partial charge on any atom is 0.0379 e. The minimum Gasteiger partial charge on any atom is -0.307 e. The average Bonchev–Trinajstić information content (AvgIpc) is 2.64. The molecule has 1 saturated carbocycles. The van der Waals surface area contributed by atoms with E-state index in [1.807, 2.05) is 0 Å². The fraction of sp³-hybridized carbons (Fsp3) is 0.700. The number of fused-ring (bicyclic) bond motifs is 1. The lowest BCUT2D eigenvalue weighted by molar-refractivity contribution is 0.217. The fourth-order valence-electron chi connectivity index (χ4n) is 4.52. The summed E-state index contributed by atoms with van der Waals surface area (Å²) in [6.45, 7) is 7.27. The molecule has 21 heavy (non-hydrogen) atoms. The number of hydrogen-bond donors (Lipinski definition) is 1. The molecule has 116 valence electrons. The zero-order valence-corrected chi connectivity index (χ0v) is 14.0. The zero-order valence-electron chi connectivity index (χ0n) is 14.0. The molecule has 1 unspecified atom stereocenters. The van der Waals surface area contributed by atoms with E-state index in [2.05, 4.69) is 50.4 Å². The van der Waals surface area contributed by atoms with E-state index in [0.29, 0.717) is 17.5 Å². The van der Waals surface area contributed by atoms with Crippen molar-refractivity contribution in [2.24, 2.45) is 11.3 Å². The number of nitrogens with one attached hydrogen (secondary N) is 1. The summed E-state index contributed by atoms with van der Waals surface area (Å²) in [5.74, 6) is 0.871. The van der Waals surface area contributed by atoms with Crippen LogP contribution >= 0.6 is 0 Å². The molecular weight excluding hydrogens is 254 g/mol. The van der Waals surface area contributed by atoms with Gasteiger partial charge in [-0.3, -0.25) is 0 Å². The van der Waals surface area contributed by atoms with Gasteiger partial charge in [0.05, 0.1) is 0 Å². The first-order chi connectivity index (χ1) is 10.1. The molecule has 1 N–H and O–H groups in total. The summed E-state index contributed by atoms with van der Waals surface area (Å²) in [5, 5.41) is 4.02. The van der Waals surface area contributed by atoms with Crippen molar-refractivity contribution < 1.29 is 0 Å². The zero-order chi connectivity index (χ0) is 14.9. The maximum atomic E-state index is 4.02. The molecule has 1 aromatic carbocycles. The van der Waals surface area contributed by atoms with Gasteiger partial charge >= 0.3 is 0 Å². The van der Waals surface area contributed by atoms with Crippen molar-refractivity contribution in [1.29, 1.82) is 0 Å². The molecule has 2 aliphatic rings. The predicted octanol–water partition coefficient (Wildman–Crippen LogP) is 5.26. The van der Waals surface area contributed by atoms with Crippen molar-refractivity contribution in [3.05, 3.63) is 35.4 Å². The van der Waals surface area contributed by atoms with E-state index in [1.165, 1.54) is 44.9 Å². The van der Waals surface area contributed by atoms with Crippen molar-refractivity contribution >= 4 is 0 Å². The molecule has 0 spiro atoms. The van der Waals surface area contributed by atoms with E-state index in [9.17, 15) is 0 Å². The molecule has 0 saturated heterocycles. The molecule has 0 radical (unpaired) electrons. The second-order valence-corrected chi connectivity index (χ2v) is 8.00. The molecule has 3 rings (SSSR count). The van der Waals surface area contributed by atoms with Gasteiger partial charge in [0.2, 0.25) is 0 Å². The predicted molar refractivity (Wildman–Crippen MR) is 90.5 cm³/mol. The van der Waals surface area contributed by atoms with Gasteiger partial charge in [-0.05, 0) is 48.6 Å². The van der Waals surface area contributed by atoms with Gasteiger partial charge in [-0.25, -0.2) is 0 Å². The Kier molecular flexibility index (Phi) is 4.40. The molecule has 1 aromatic rings. The smallest absolute Gasteiger partial charge is 0.0379 e. The number of rotatable bonds is 3. The van der Waals surface area contributed by atoms with E-state index in [1.54, 1.807) is 11.1 Å². The third kappa shape index (κ3) is 3.18. The first-order valence-corrected chi connectivity index (χ1v) is 8.92. The Hall–Kier alpha value is -0.820. The average molecular weight is 285 g/mol. The van der Waals surface area contributed by atoms with Crippen LogP contribution in [-0.4, -0.2) is 6.04 Å². The van der Waals surface area contributed by atoms with Gasteiger partial charge in [0.1, 0.15) is 0 Å². The van der Waals surface area contributed by atoms with E-state index in [4.69, 9.17) is 0 Å². The van der Waals surface area contributed by atoms with Crippen LogP contribution in [0.2, 0.25) is 0 Å². The highest BCUT2D eigenvalue weighted by Gasteiger charge is 2.39. The second-order valence-electron chi connectivity index (χ2n) is 8.00. The topological polar surface area (TPSA) is 12.0 Å². The Morgan fingerprint density at radius 3 is 2.43 bits per heavy atom. The summed E-state index contributed by atoms with van der Waals surface area (Å²) in [5.41, 5.74) is 3.43. The van der Waals surface area contributed by atoms with Crippen molar-refractivity contribution in [3.8, 4) is 0 Å². The minimum absolute atomic E-state index is 0.336. The molecule has 2 aliphatic carbocycles. The fourth-order valence-corrected chi connectivity index (χ4v) is 4.52. The molecule has 0 bridgehead atoms. The van der Waals surface area contributed by atoms with Crippen LogP contribution in [-0.2, 0) is 6.42 Å². The molecule has 1 fully saturated rings. The van der Waals surface area contributed by atoms with Crippen molar-refractivity contribution in [3.63, 3.8) is 0 Å². The van der Waals surface area contributed by atoms with Gasteiger partial charge in [-0.1, -0.05) is 63.8 Å². The van der Waals surface area contributed by atoms with Crippen LogP contribution in [0.25, 0.3) is 0 Å². The van der Waals surface area contributed by atoms with Crippen LogP contribution in [0, 0.1) is 11.3 Å². The molecular formula is C20H31N. The molecule has 1 nitrogen and oxygen atoms in total. The normalized spacial score (nSPS) is 27.1. The van der Waals surface area contributed by atoms with Gasteiger partial charge < -0.3 is 5.32 Å². The Morgan fingerprint density at radius 1 is 1.05 bits per heavy atom. The second kappa shape index (κ2) is 6.12.